The highest BCUT2D eigenvalue weighted by Crippen LogP contribution is 2.40. The summed E-state index contributed by atoms with van der Waals surface area (Å²) < 4.78 is 1.17. The fourth-order valence-electron chi connectivity index (χ4n) is 2.82. The van der Waals surface area contributed by atoms with Crippen molar-refractivity contribution in [3.05, 3.63) is 20.8 Å². The molecular weight excluding hydrogens is 296 g/mol. The minimum atomic E-state index is 0.165. The van der Waals surface area contributed by atoms with Crippen LogP contribution in [0.3, 0.4) is 0 Å². The Balaban J connectivity index is 2.30. The number of halogens is 1. The number of thiophene rings is 1. The van der Waals surface area contributed by atoms with E-state index >= 15 is 0 Å². The normalized spacial score (nSPS) is 23.8. The van der Waals surface area contributed by atoms with E-state index in [-0.39, 0.29) is 11.6 Å². The van der Waals surface area contributed by atoms with Gasteiger partial charge in [-0.25, -0.2) is 0 Å². The van der Waals surface area contributed by atoms with Crippen LogP contribution in [0.4, 0.5) is 0 Å². The smallest absolute Gasteiger partial charge is 0.0595 e. The van der Waals surface area contributed by atoms with Crippen molar-refractivity contribution >= 4 is 27.3 Å². The molecule has 4 heteroatoms. The van der Waals surface area contributed by atoms with Gasteiger partial charge in [-0.05, 0) is 62.2 Å². The zero-order chi connectivity index (χ0) is 12.6. The number of hydrogen-bond acceptors (Lipinski definition) is 3. The van der Waals surface area contributed by atoms with Gasteiger partial charge in [-0.3, -0.25) is 4.90 Å². The number of nitrogens with two attached hydrogens (primary N) is 1. The molecular formula is C13H21BrN2S. The molecule has 2 N–H and O–H groups in total. The highest BCUT2D eigenvalue weighted by Gasteiger charge is 2.39. The fourth-order valence-corrected chi connectivity index (χ4v) is 4.50. The maximum atomic E-state index is 6.23. The first-order chi connectivity index (χ1) is 7.92. The molecule has 96 valence electrons. The molecule has 1 fully saturated rings. The first-order valence-electron chi connectivity index (χ1n) is 6.18. The van der Waals surface area contributed by atoms with Crippen LogP contribution in [0.5, 0.6) is 0 Å². The van der Waals surface area contributed by atoms with Crippen LogP contribution in [0.15, 0.2) is 15.9 Å². The molecule has 1 aromatic heterocycles. The van der Waals surface area contributed by atoms with Gasteiger partial charge in [0.1, 0.15) is 0 Å². The van der Waals surface area contributed by atoms with Gasteiger partial charge < -0.3 is 5.73 Å². The molecule has 0 saturated carbocycles. The number of likely N-dealkylation sites (tertiary alicyclic amines) is 1. The summed E-state index contributed by atoms with van der Waals surface area (Å²) in [4.78, 5) is 3.96. The summed E-state index contributed by atoms with van der Waals surface area (Å²) in [7, 11) is 0. The molecule has 0 bridgehead atoms. The van der Waals surface area contributed by atoms with Crippen LogP contribution in [0.2, 0.25) is 0 Å². The third kappa shape index (κ3) is 2.75. The van der Waals surface area contributed by atoms with Crippen molar-refractivity contribution < 1.29 is 0 Å². The standard InChI is InChI=1S/C13H21BrN2S/c1-9(15)12(11-7-10(14)8-17-11)16-6-4-5-13(16,2)3/h7-9,12H,4-6,15H2,1-3H3. The average Bonchev–Trinajstić information content (AvgIpc) is 2.75. The molecule has 0 aliphatic carbocycles. The molecule has 1 aromatic rings. The molecule has 0 aromatic carbocycles. The fraction of sp³-hybridized carbons (Fsp3) is 0.692. The molecule has 2 unspecified atom stereocenters. The summed E-state index contributed by atoms with van der Waals surface area (Å²) in [6, 6.07) is 2.73. The summed E-state index contributed by atoms with van der Waals surface area (Å²) in [5.74, 6) is 0. The maximum absolute atomic E-state index is 6.23. The van der Waals surface area contributed by atoms with Gasteiger partial charge in [-0.15, -0.1) is 11.3 Å². The predicted molar refractivity (Wildman–Crippen MR) is 78.4 cm³/mol. The highest BCUT2D eigenvalue weighted by molar-refractivity contribution is 9.10. The van der Waals surface area contributed by atoms with Crippen LogP contribution in [0.1, 0.15) is 44.5 Å². The maximum Gasteiger partial charge on any atom is 0.0595 e. The van der Waals surface area contributed by atoms with E-state index in [0.717, 1.165) is 6.54 Å². The Hall–Kier alpha value is 0.1000. The van der Waals surface area contributed by atoms with Crippen LogP contribution in [0.25, 0.3) is 0 Å². The first-order valence-corrected chi connectivity index (χ1v) is 7.85. The summed E-state index contributed by atoms with van der Waals surface area (Å²) in [5.41, 5.74) is 6.50. The topological polar surface area (TPSA) is 29.3 Å². The minimum Gasteiger partial charge on any atom is -0.326 e. The van der Waals surface area contributed by atoms with Gasteiger partial charge in [0.25, 0.3) is 0 Å². The van der Waals surface area contributed by atoms with Crippen LogP contribution < -0.4 is 5.73 Å². The lowest BCUT2D eigenvalue weighted by Crippen LogP contribution is -2.46. The van der Waals surface area contributed by atoms with Crippen LogP contribution in [0, 0.1) is 0 Å². The quantitative estimate of drug-likeness (QED) is 0.919. The number of hydrogen-bond donors (Lipinski definition) is 1. The molecule has 1 aliphatic rings. The Labute approximate surface area is 116 Å². The molecule has 17 heavy (non-hydrogen) atoms. The second-order valence-corrected chi connectivity index (χ2v) is 7.44. The van der Waals surface area contributed by atoms with Gasteiger partial charge in [-0.1, -0.05) is 0 Å². The van der Waals surface area contributed by atoms with E-state index in [1.165, 1.54) is 22.2 Å². The van der Waals surface area contributed by atoms with Crippen molar-refractivity contribution in [3.63, 3.8) is 0 Å². The summed E-state index contributed by atoms with van der Waals surface area (Å²) >= 11 is 5.34. The Kier molecular flexibility index (Phi) is 3.98. The lowest BCUT2D eigenvalue weighted by molar-refractivity contribution is 0.103. The molecule has 2 heterocycles. The van der Waals surface area contributed by atoms with Gasteiger partial charge in [0.15, 0.2) is 0 Å². The molecule has 1 saturated heterocycles. The summed E-state index contributed by atoms with van der Waals surface area (Å²) in [6.45, 7) is 7.94. The van der Waals surface area contributed by atoms with E-state index in [1.807, 2.05) is 0 Å². The minimum absolute atomic E-state index is 0.165. The summed E-state index contributed by atoms with van der Waals surface area (Å²) in [6.07, 6.45) is 2.55. The lowest BCUT2D eigenvalue weighted by atomic mass is 9.97. The second-order valence-electron chi connectivity index (χ2n) is 5.58. The Morgan fingerprint density at radius 1 is 1.53 bits per heavy atom. The third-order valence-electron chi connectivity index (χ3n) is 3.68. The van der Waals surface area contributed by atoms with Gasteiger partial charge in [0, 0.05) is 26.3 Å². The lowest BCUT2D eigenvalue weighted by Gasteiger charge is -2.40. The molecule has 2 atom stereocenters. The zero-order valence-electron chi connectivity index (χ0n) is 10.7. The number of nitrogens with zero attached hydrogens (tertiary/aromatic N) is 1. The Morgan fingerprint density at radius 3 is 2.65 bits per heavy atom. The number of rotatable bonds is 3. The Morgan fingerprint density at radius 2 is 2.24 bits per heavy atom. The average molecular weight is 317 g/mol. The van der Waals surface area contributed by atoms with Gasteiger partial charge in [0.05, 0.1) is 6.04 Å². The molecule has 1 aliphatic heterocycles. The molecule has 0 radical (unpaired) electrons. The SMILES string of the molecule is CC(N)C(c1cc(Br)cs1)N1CCCC1(C)C. The van der Waals surface area contributed by atoms with Crippen molar-refractivity contribution in [2.45, 2.75) is 51.2 Å². The molecule has 0 spiro atoms. The van der Waals surface area contributed by atoms with Crippen molar-refractivity contribution in [2.75, 3.05) is 6.54 Å². The first kappa shape index (κ1) is 13.5. The van der Waals surface area contributed by atoms with Crippen molar-refractivity contribution in [1.29, 1.82) is 0 Å². The van der Waals surface area contributed by atoms with Gasteiger partial charge in [-0.2, -0.15) is 0 Å². The van der Waals surface area contributed by atoms with E-state index < -0.39 is 0 Å². The highest BCUT2D eigenvalue weighted by atomic mass is 79.9. The van der Waals surface area contributed by atoms with Crippen molar-refractivity contribution in [2.24, 2.45) is 5.73 Å². The van der Waals surface area contributed by atoms with Crippen LogP contribution >= 0.6 is 27.3 Å². The monoisotopic (exact) mass is 316 g/mol. The van der Waals surface area contributed by atoms with E-state index in [2.05, 4.69) is 53.0 Å². The zero-order valence-corrected chi connectivity index (χ0v) is 13.1. The largest absolute Gasteiger partial charge is 0.326 e. The predicted octanol–water partition coefficient (Wildman–Crippen LogP) is 3.77. The van der Waals surface area contributed by atoms with Gasteiger partial charge >= 0.3 is 0 Å². The molecule has 2 nitrogen and oxygen atoms in total. The van der Waals surface area contributed by atoms with E-state index in [0.29, 0.717) is 6.04 Å². The molecule has 2 rings (SSSR count). The summed E-state index contributed by atoms with van der Waals surface area (Å²) in [5, 5.41) is 2.15. The van der Waals surface area contributed by atoms with E-state index in [1.54, 1.807) is 11.3 Å². The Bertz CT molecular complexity index is 387. The van der Waals surface area contributed by atoms with E-state index in [9.17, 15) is 0 Å². The van der Waals surface area contributed by atoms with Crippen molar-refractivity contribution in [3.8, 4) is 0 Å². The van der Waals surface area contributed by atoms with Gasteiger partial charge in [0.2, 0.25) is 0 Å². The van der Waals surface area contributed by atoms with Crippen molar-refractivity contribution in [1.82, 2.24) is 4.90 Å². The van der Waals surface area contributed by atoms with E-state index in [4.69, 9.17) is 5.73 Å². The molecule has 0 amide bonds. The van der Waals surface area contributed by atoms with Crippen LogP contribution in [-0.4, -0.2) is 23.0 Å². The van der Waals surface area contributed by atoms with Crippen LogP contribution in [-0.2, 0) is 0 Å². The second kappa shape index (κ2) is 5.00. The third-order valence-corrected chi connectivity index (χ3v) is 5.44.